The van der Waals surface area contributed by atoms with Gasteiger partial charge in [0, 0.05) is 37.6 Å². The van der Waals surface area contributed by atoms with Gasteiger partial charge in [-0.2, -0.15) is 5.10 Å². The van der Waals surface area contributed by atoms with Gasteiger partial charge in [0.1, 0.15) is 11.3 Å². The Hall–Kier alpha value is -3.58. The van der Waals surface area contributed by atoms with Crippen LogP contribution in [0.15, 0.2) is 67.0 Å². The van der Waals surface area contributed by atoms with Crippen LogP contribution in [0.2, 0.25) is 5.02 Å². The SMILES string of the molecule is CCOc1ccc(CNC(=O)C2CCCN(c3nccn4nc(-c5ccccc5Cl)cc34)C2)cc1. The van der Waals surface area contributed by atoms with Crippen LogP contribution in [0.4, 0.5) is 5.82 Å². The van der Waals surface area contributed by atoms with Crippen molar-refractivity contribution in [1.82, 2.24) is 19.9 Å². The lowest BCUT2D eigenvalue weighted by Gasteiger charge is -2.33. The van der Waals surface area contributed by atoms with E-state index in [1.807, 2.05) is 72.2 Å². The van der Waals surface area contributed by atoms with Crippen molar-refractivity contribution >= 4 is 28.8 Å². The molecule has 180 valence electrons. The minimum Gasteiger partial charge on any atom is -0.494 e. The van der Waals surface area contributed by atoms with Crippen LogP contribution < -0.4 is 15.0 Å². The first-order valence-corrected chi connectivity index (χ1v) is 12.3. The Balaban J connectivity index is 1.29. The number of nitrogens with zero attached hydrogens (tertiary/aromatic N) is 4. The number of piperidine rings is 1. The number of benzene rings is 2. The van der Waals surface area contributed by atoms with E-state index in [0.717, 1.165) is 53.3 Å². The number of hydrogen-bond donors (Lipinski definition) is 1. The van der Waals surface area contributed by atoms with Crippen LogP contribution >= 0.6 is 11.6 Å². The third kappa shape index (κ3) is 5.10. The average Bonchev–Trinajstić information content (AvgIpc) is 3.33. The molecule has 35 heavy (non-hydrogen) atoms. The van der Waals surface area contributed by atoms with Gasteiger partial charge in [0.25, 0.3) is 0 Å². The van der Waals surface area contributed by atoms with Crippen LogP contribution in [0.5, 0.6) is 5.75 Å². The summed E-state index contributed by atoms with van der Waals surface area (Å²) in [6.07, 6.45) is 5.37. The fraction of sp³-hybridized carbons (Fsp3) is 0.296. The Morgan fingerprint density at radius 1 is 1.20 bits per heavy atom. The molecule has 2 aromatic heterocycles. The quantitative estimate of drug-likeness (QED) is 0.396. The molecule has 0 radical (unpaired) electrons. The number of nitrogens with one attached hydrogen (secondary N) is 1. The maximum Gasteiger partial charge on any atom is 0.225 e. The molecule has 5 rings (SSSR count). The zero-order valence-corrected chi connectivity index (χ0v) is 20.4. The summed E-state index contributed by atoms with van der Waals surface area (Å²) >= 11 is 6.40. The molecule has 3 heterocycles. The third-order valence-electron chi connectivity index (χ3n) is 6.31. The first-order valence-electron chi connectivity index (χ1n) is 12.0. The first kappa shape index (κ1) is 23.2. The molecule has 2 aromatic carbocycles. The summed E-state index contributed by atoms with van der Waals surface area (Å²) in [5, 5.41) is 8.47. The van der Waals surface area contributed by atoms with E-state index in [1.54, 1.807) is 6.20 Å². The van der Waals surface area contributed by atoms with E-state index in [-0.39, 0.29) is 11.8 Å². The number of rotatable bonds is 7. The molecule has 1 saturated heterocycles. The summed E-state index contributed by atoms with van der Waals surface area (Å²) in [5.41, 5.74) is 3.63. The molecular weight excluding hydrogens is 462 g/mol. The number of fused-ring (bicyclic) bond motifs is 1. The number of ether oxygens (including phenoxy) is 1. The number of amides is 1. The highest BCUT2D eigenvalue weighted by Crippen LogP contribution is 2.31. The van der Waals surface area contributed by atoms with Gasteiger partial charge in [-0.15, -0.1) is 0 Å². The van der Waals surface area contributed by atoms with Gasteiger partial charge in [-0.3, -0.25) is 4.79 Å². The summed E-state index contributed by atoms with van der Waals surface area (Å²) in [6, 6.07) is 17.5. The topological polar surface area (TPSA) is 71.8 Å². The third-order valence-corrected chi connectivity index (χ3v) is 6.64. The van der Waals surface area contributed by atoms with E-state index in [0.29, 0.717) is 24.7 Å². The Morgan fingerprint density at radius 2 is 2.03 bits per heavy atom. The predicted molar refractivity (Wildman–Crippen MR) is 138 cm³/mol. The molecule has 1 aliphatic rings. The number of aromatic nitrogens is 3. The zero-order chi connectivity index (χ0) is 24.2. The van der Waals surface area contributed by atoms with Crippen molar-refractivity contribution in [2.75, 3.05) is 24.6 Å². The van der Waals surface area contributed by atoms with Crippen molar-refractivity contribution in [2.45, 2.75) is 26.3 Å². The second kappa shape index (κ2) is 10.4. The largest absolute Gasteiger partial charge is 0.494 e. The van der Waals surface area contributed by atoms with Crippen LogP contribution in [0.25, 0.3) is 16.8 Å². The van der Waals surface area contributed by atoms with Crippen LogP contribution in [0, 0.1) is 5.92 Å². The molecule has 1 amide bonds. The van der Waals surface area contributed by atoms with E-state index < -0.39 is 0 Å². The summed E-state index contributed by atoms with van der Waals surface area (Å²) in [4.78, 5) is 19.8. The van der Waals surface area contributed by atoms with Crippen molar-refractivity contribution in [3.05, 3.63) is 77.6 Å². The zero-order valence-electron chi connectivity index (χ0n) is 19.7. The Bertz CT molecular complexity index is 1320. The predicted octanol–water partition coefficient (Wildman–Crippen LogP) is 4.98. The van der Waals surface area contributed by atoms with Gasteiger partial charge in [0.2, 0.25) is 5.91 Å². The van der Waals surface area contributed by atoms with E-state index >= 15 is 0 Å². The van der Waals surface area contributed by atoms with E-state index in [1.165, 1.54) is 0 Å². The lowest BCUT2D eigenvalue weighted by atomic mass is 9.97. The number of anilines is 1. The second-order valence-electron chi connectivity index (χ2n) is 8.67. The van der Waals surface area contributed by atoms with Crippen LogP contribution in [0.1, 0.15) is 25.3 Å². The molecular formula is C27H28ClN5O2. The van der Waals surface area contributed by atoms with Gasteiger partial charge < -0.3 is 15.0 Å². The standard InChI is InChI=1S/C27H28ClN5O2/c1-2-35-21-11-9-19(10-12-21)17-30-27(34)20-6-5-14-32(18-20)26-25-16-24(31-33(25)15-13-29-26)22-7-3-4-8-23(22)28/h3-4,7-13,15-16,20H,2,5-6,14,17-18H2,1H3,(H,30,34). The van der Waals surface area contributed by atoms with Crippen molar-refractivity contribution < 1.29 is 9.53 Å². The van der Waals surface area contributed by atoms with Crippen LogP contribution in [-0.4, -0.2) is 40.2 Å². The fourth-order valence-electron chi connectivity index (χ4n) is 4.54. The molecule has 1 aliphatic heterocycles. The lowest BCUT2D eigenvalue weighted by Crippen LogP contribution is -2.43. The van der Waals surface area contributed by atoms with E-state index in [2.05, 4.69) is 15.2 Å². The molecule has 7 nitrogen and oxygen atoms in total. The van der Waals surface area contributed by atoms with Crippen molar-refractivity contribution in [1.29, 1.82) is 0 Å². The summed E-state index contributed by atoms with van der Waals surface area (Å²) in [6.45, 7) is 4.57. The maximum absolute atomic E-state index is 13.0. The fourth-order valence-corrected chi connectivity index (χ4v) is 4.77. The molecule has 0 bridgehead atoms. The van der Waals surface area contributed by atoms with Crippen LogP contribution in [0.3, 0.4) is 0 Å². The highest BCUT2D eigenvalue weighted by molar-refractivity contribution is 6.33. The molecule has 0 aliphatic carbocycles. The highest BCUT2D eigenvalue weighted by atomic mass is 35.5. The number of carbonyl (C=O) groups excluding carboxylic acids is 1. The van der Waals surface area contributed by atoms with Gasteiger partial charge in [0.05, 0.1) is 23.2 Å². The van der Waals surface area contributed by atoms with Crippen molar-refractivity contribution in [3.8, 4) is 17.0 Å². The molecule has 0 saturated carbocycles. The Labute approximate surface area is 209 Å². The van der Waals surface area contributed by atoms with Crippen molar-refractivity contribution in [3.63, 3.8) is 0 Å². The Morgan fingerprint density at radius 3 is 2.83 bits per heavy atom. The Kier molecular flexibility index (Phi) is 6.86. The molecule has 4 aromatic rings. The number of halogens is 1. The van der Waals surface area contributed by atoms with Gasteiger partial charge in [-0.25, -0.2) is 9.50 Å². The normalized spacial score (nSPS) is 15.8. The highest BCUT2D eigenvalue weighted by Gasteiger charge is 2.28. The monoisotopic (exact) mass is 489 g/mol. The molecule has 0 spiro atoms. The minimum absolute atomic E-state index is 0.0702. The second-order valence-corrected chi connectivity index (χ2v) is 9.08. The number of carbonyl (C=O) groups is 1. The molecule has 1 unspecified atom stereocenters. The lowest BCUT2D eigenvalue weighted by molar-refractivity contribution is -0.125. The van der Waals surface area contributed by atoms with Crippen molar-refractivity contribution in [2.24, 2.45) is 5.92 Å². The van der Waals surface area contributed by atoms with Crippen LogP contribution in [-0.2, 0) is 11.3 Å². The minimum atomic E-state index is -0.0977. The van der Waals surface area contributed by atoms with Gasteiger partial charge in [-0.05, 0) is 49.6 Å². The molecule has 1 N–H and O–H groups in total. The summed E-state index contributed by atoms with van der Waals surface area (Å²) < 4.78 is 7.32. The average molecular weight is 490 g/mol. The van der Waals surface area contributed by atoms with Gasteiger partial charge >= 0.3 is 0 Å². The summed E-state index contributed by atoms with van der Waals surface area (Å²) in [5.74, 6) is 1.65. The molecule has 1 atom stereocenters. The summed E-state index contributed by atoms with van der Waals surface area (Å²) in [7, 11) is 0. The van der Waals surface area contributed by atoms with Gasteiger partial charge in [-0.1, -0.05) is 41.9 Å². The van der Waals surface area contributed by atoms with E-state index in [9.17, 15) is 4.79 Å². The number of hydrogen-bond acceptors (Lipinski definition) is 5. The maximum atomic E-state index is 13.0. The molecule has 1 fully saturated rings. The van der Waals surface area contributed by atoms with Gasteiger partial charge in [0.15, 0.2) is 5.82 Å². The first-order chi connectivity index (χ1) is 17.1. The molecule has 8 heteroatoms. The smallest absolute Gasteiger partial charge is 0.225 e. The van der Waals surface area contributed by atoms with E-state index in [4.69, 9.17) is 21.4 Å².